The van der Waals surface area contributed by atoms with Crippen molar-refractivity contribution in [1.82, 2.24) is 10.6 Å². The van der Waals surface area contributed by atoms with E-state index in [1.54, 1.807) is 11.8 Å². The summed E-state index contributed by atoms with van der Waals surface area (Å²) >= 11 is 1.77. The first-order chi connectivity index (χ1) is 8.81. The Labute approximate surface area is 113 Å². The second kappa shape index (κ2) is 6.69. The van der Waals surface area contributed by atoms with Crippen LogP contribution in [-0.2, 0) is 6.54 Å². The minimum Gasteiger partial charge on any atom is -0.356 e. The summed E-state index contributed by atoms with van der Waals surface area (Å²) in [5.41, 5.74) is 1.28. The van der Waals surface area contributed by atoms with Crippen LogP contribution in [0.5, 0.6) is 0 Å². The highest BCUT2D eigenvalue weighted by atomic mass is 32.2. The molecule has 1 aromatic carbocycles. The van der Waals surface area contributed by atoms with Gasteiger partial charge in [-0.05, 0) is 42.7 Å². The molecule has 1 aliphatic carbocycles. The van der Waals surface area contributed by atoms with Gasteiger partial charge >= 0.3 is 0 Å². The Hall–Kier alpha value is -1.16. The van der Waals surface area contributed by atoms with Gasteiger partial charge in [-0.3, -0.25) is 4.99 Å². The SMILES string of the molecule is CN=C(NCc1ccc(SC)cc1)NCC1CC1. The molecule has 1 aromatic rings. The lowest BCUT2D eigenvalue weighted by Gasteiger charge is -2.11. The van der Waals surface area contributed by atoms with Gasteiger partial charge in [-0.25, -0.2) is 0 Å². The summed E-state index contributed by atoms with van der Waals surface area (Å²) in [5.74, 6) is 1.76. The zero-order chi connectivity index (χ0) is 12.8. The summed E-state index contributed by atoms with van der Waals surface area (Å²) in [5, 5.41) is 6.70. The topological polar surface area (TPSA) is 36.4 Å². The lowest BCUT2D eigenvalue weighted by atomic mass is 10.2. The van der Waals surface area contributed by atoms with E-state index in [0.717, 1.165) is 25.0 Å². The van der Waals surface area contributed by atoms with Gasteiger partial charge in [0.1, 0.15) is 0 Å². The molecule has 1 fully saturated rings. The van der Waals surface area contributed by atoms with Crippen molar-refractivity contribution in [1.29, 1.82) is 0 Å². The number of guanidine groups is 1. The van der Waals surface area contributed by atoms with E-state index in [4.69, 9.17) is 0 Å². The van der Waals surface area contributed by atoms with Crippen molar-refractivity contribution in [2.45, 2.75) is 24.3 Å². The normalized spacial score (nSPS) is 15.6. The molecule has 3 nitrogen and oxygen atoms in total. The highest BCUT2D eigenvalue weighted by Crippen LogP contribution is 2.27. The van der Waals surface area contributed by atoms with Crippen LogP contribution in [-0.4, -0.2) is 25.8 Å². The number of benzene rings is 1. The van der Waals surface area contributed by atoms with E-state index in [0.29, 0.717) is 0 Å². The maximum atomic E-state index is 4.23. The van der Waals surface area contributed by atoms with Gasteiger partial charge in [0.25, 0.3) is 0 Å². The maximum Gasteiger partial charge on any atom is 0.191 e. The fourth-order valence-electron chi connectivity index (χ4n) is 1.71. The molecule has 0 aliphatic heterocycles. The van der Waals surface area contributed by atoms with Crippen molar-refractivity contribution < 1.29 is 0 Å². The molecule has 0 heterocycles. The Morgan fingerprint density at radius 1 is 1.28 bits per heavy atom. The predicted octanol–water partition coefficient (Wildman–Crippen LogP) is 2.48. The summed E-state index contributed by atoms with van der Waals surface area (Å²) in [7, 11) is 1.82. The predicted molar refractivity (Wildman–Crippen MR) is 79.1 cm³/mol. The molecule has 0 spiro atoms. The zero-order valence-corrected chi connectivity index (χ0v) is 11.9. The van der Waals surface area contributed by atoms with E-state index < -0.39 is 0 Å². The molecule has 2 rings (SSSR count). The minimum atomic E-state index is 0.818. The van der Waals surface area contributed by atoms with E-state index in [1.807, 2.05) is 7.05 Å². The van der Waals surface area contributed by atoms with Crippen molar-refractivity contribution >= 4 is 17.7 Å². The third-order valence-electron chi connectivity index (χ3n) is 3.10. The summed E-state index contributed by atoms with van der Waals surface area (Å²) in [6.07, 6.45) is 4.82. The first-order valence-electron chi connectivity index (χ1n) is 6.39. The van der Waals surface area contributed by atoms with Crippen LogP contribution in [0.25, 0.3) is 0 Å². The average Bonchev–Trinajstić information content (AvgIpc) is 3.24. The minimum absolute atomic E-state index is 0.818. The Morgan fingerprint density at radius 3 is 2.56 bits per heavy atom. The van der Waals surface area contributed by atoms with Crippen molar-refractivity contribution in [2.75, 3.05) is 19.8 Å². The fraction of sp³-hybridized carbons (Fsp3) is 0.500. The van der Waals surface area contributed by atoms with Gasteiger partial charge in [0, 0.05) is 25.0 Å². The van der Waals surface area contributed by atoms with E-state index >= 15 is 0 Å². The average molecular weight is 263 g/mol. The molecule has 0 amide bonds. The first-order valence-corrected chi connectivity index (χ1v) is 7.61. The highest BCUT2D eigenvalue weighted by Gasteiger charge is 2.20. The zero-order valence-electron chi connectivity index (χ0n) is 11.1. The Morgan fingerprint density at radius 2 is 2.00 bits per heavy atom. The number of nitrogens with zero attached hydrogens (tertiary/aromatic N) is 1. The molecule has 0 atom stereocenters. The Balaban J connectivity index is 1.77. The third kappa shape index (κ3) is 4.26. The largest absolute Gasteiger partial charge is 0.356 e. The number of hydrogen-bond acceptors (Lipinski definition) is 2. The summed E-state index contributed by atoms with van der Waals surface area (Å²) < 4.78 is 0. The molecule has 0 aromatic heterocycles. The molecular formula is C14H21N3S. The molecule has 1 aliphatic rings. The van der Waals surface area contributed by atoms with E-state index in [-0.39, 0.29) is 0 Å². The third-order valence-corrected chi connectivity index (χ3v) is 3.84. The van der Waals surface area contributed by atoms with Gasteiger partial charge in [-0.1, -0.05) is 12.1 Å². The lowest BCUT2D eigenvalue weighted by molar-refractivity contribution is 0.737. The van der Waals surface area contributed by atoms with Crippen LogP contribution in [0.15, 0.2) is 34.2 Å². The second-order valence-electron chi connectivity index (χ2n) is 4.60. The first kappa shape index (κ1) is 13.3. The van der Waals surface area contributed by atoms with Crippen LogP contribution < -0.4 is 10.6 Å². The monoisotopic (exact) mass is 263 g/mol. The molecule has 18 heavy (non-hydrogen) atoms. The summed E-state index contributed by atoms with van der Waals surface area (Å²) in [4.78, 5) is 5.53. The van der Waals surface area contributed by atoms with Crippen LogP contribution >= 0.6 is 11.8 Å². The van der Waals surface area contributed by atoms with Crippen molar-refractivity contribution in [3.8, 4) is 0 Å². The molecule has 2 N–H and O–H groups in total. The van der Waals surface area contributed by atoms with E-state index in [9.17, 15) is 0 Å². The van der Waals surface area contributed by atoms with Crippen LogP contribution in [0.3, 0.4) is 0 Å². The number of aliphatic imine (C=N–C) groups is 1. The van der Waals surface area contributed by atoms with E-state index in [2.05, 4.69) is 46.1 Å². The van der Waals surface area contributed by atoms with Crippen molar-refractivity contribution in [3.63, 3.8) is 0 Å². The molecule has 0 unspecified atom stereocenters. The number of hydrogen-bond donors (Lipinski definition) is 2. The van der Waals surface area contributed by atoms with Gasteiger partial charge in [0.15, 0.2) is 5.96 Å². The Bertz CT molecular complexity index is 396. The van der Waals surface area contributed by atoms with Crippen molar-refractivity contribution in [2.24, 2.45) is 10.9 Å². The van der Waals surface area contributed by atoms with Crippen LogP contribution in [0.4, 0.5) is 0 Å². The summed E-state index contributed by atoms with van der Waals surface area (Å²) in [6, 6.07) is 8.63. The van der Waals surface area contributed by atoms with E-state index in [1.165, 1.54) is 23.3 Å². The van der Waals surface area contributed by atoms with Crippen LogP contribution in [0.1, 0.15) is 18.4 Å². The van der Waals surface area contributed by atoms with Gasteiger partial charge < -0.3 is 10.6 Å². The molecule has 0 saturated heterocycles. The number of nitrogens with one attached hydrogen (secondary N) is 2. The van der Waals surface area contributed by atoms with Gasteiger partial charge in [-0.2, -0.15) is 0 Å². The standard InChI is InChI=1S/C14H21N3S/c1-15-14(16-9-11-3-4-11)17-10-12-5-7-13(18-2)8-6-12/h5-8,11H,3-4,9-10H2,1-2H3,(H2,15,16,17). The van der Waals surface area contributed by atoms with Crippen LogP contribution in [0.2, 0.25) is 0 Å². The molecule has 0 radical (unpaired) electrons. The molecular weight excluding hydrogens is 242 g/mol. The number of thioether (sulfide) groups is 1. The van der Waals surface area contributed by atoms with Gasteiger partial charge in [0.05, 0.1) is 0 Å². The second-order valence-corrected chi connectivity index (χ2v) is 5.48. The summed E-state index contributed by atoms with van der Waals surface area (Å²) in [6.45, 7) is 1.87. The maximum absolute atomic E-state index is 4.23. The molecule has 1 saturated carbocycles. The Kier molecular flexibility index (Phi) is 4.93. The van der Waals surface area contributed by atoms with Crippen LogP contribution in [0, 0.1) is 5.92 Å². The molecule has 0 bridgehead atoms. The van der Waals surface area contributed by atoms with Gasteiger partial charge in [0.2, 0.25) is 0 Å². The van der Waals surface area contributed by atoms with Gasteiger partial charge in [-0.15, -0.1) is 11.8 Å². The molecule has 98 valence electrons. The lowest BCUT2D eigenvalue weighted by Crippen LogP contribution is -2.37. The fourth-order valence-corrected chi connectivity index (χ4v) is 2.12. The smallest absolute Gasteiger partial charge is 0.191 e. The quantitative estimate of drug-likeness (QED) is 0.487. The van der Waals surface area contributed by atoms with Crippen molar-refractivity contribution in [3.05, 3.63) is 29.8 Å². The molecule has 4 heteroatoms. The number of rotatable bonds is 5. The highest BCUT2D eigenvalue weighted by molar-refractivity contribution is 7.98.